The Morgan fingerprint density at radius 2 is 2.07 bits per heavy atom. The summed E-state index contributed by atoms with van der Waals surface area (Å²) in [6.45, 7) is 2.56. The minimum atomic E-state index is -0.311. The van der Waals surface area contributed by atoms with Gasteiger partial charge in [-0.25, -0.2) is 4.98 Å². The van der Waals surface area contributed by atoms with Gasteiger partial charge in [0.1, 0.15) is 16.8 Å². The molecule has 0 aromatic carbocycles. The van der Waals surface area contributed by atoms with Crippen molar-refractivity contribution in [3.05, 3.63) is 51.4 Å². The van der Waals surface area contributed by atoms with Gasteiger partial charge in [0.15, 0.2) is 0 Å². The van der Waals surface area contributed by atoms with E-state index < -0.39 is 0 Å². The molecule has 1 aliphatic rings. The zero-order valence-corrected chi connectivity index (χ0v) is 17.4. The molecule has 0 bridgehead atoms. The number of methoxy groups -OCH3 is 1. The Balaban J connectivity index is 1.91. The number of rotatable bonds is 5. The van der Waals surface area contributed by atoms with Crippen molar-refractivity contribution in [2.24, 2.45) is 0 Å². The highest BCUT2D eigenvalue weighted by atomic mass is 16.5. The number of pyridine rings is 2. The summed E-state index contributed by atoms with van der Waals surface area (Å²) in [5.74, 6) is -0.311. The van der Waals surface area contributed by atoms with Crippen molar-refractivity contribution in [1.29, 1.82) is 5.41 Å². The topological polar surface area (TPSA) is 101 Å². The van der Waals surface area contributed by atoms with Crippen molar-refractivity contribution >= 4 is 22.6 Å². The molecule has 0 saturated heterocycles. The normalized spacial score (nSPS) is 15.0. The van der Waals surface area contributed by atoms with Crippen molar-refractivity contribution < 1.29 is 9.53 Å². The van der Waals surface area contributed by atoms with Gasteiger partial charge in [-0.1, -0.05) is 25.3 Å². The van der Waals surface area contributed by atoms with E-state index in [1.54, 1.807) is 23.9 Å². The Hall–Kier alpha value is -3.00. The third kappa shape index (κ3) is 3.63. The molecule has 2 N–H and O–H groups in total. The van der Waals surface area contributed by atoms with E-state index >= 15 is 0 Å². The molecule has 0 spiro atoms. The van der Waals surface area contributed by atoms with Crippen LogP contribution in [0.4, 0.5) is 0 Å². The second kappa shape index (κ2) is 8.39. The minimum Gasteiger partial charge on any atom is -0.383 e. The van der Waals surface area contributed by atoms with E-state index in [1.807, 2.05) is 13.0 Å². The molecule has 8 nitrogen and oxygen atoms in total. The molecule has 8 heteroatoms. The van der Waals surface area contributed by atoms with Gasteiger partial charge in [-0.05, 0) is 37.5 Å². The molecule has 1 saturated carbocycles. The zero-order chi connectivity index (χ0) is 21.3. The number of amides is 1. The minimum absolute atomic E-state index is 0.0395. The van der Waals surface area contributed by atoms with Crippen LogP contribution in [-0.4, -0.2) is 39.6 Å². The number of hydrogen-bond donors (Lipinski definition) is 2. The van der Waals surface area contributed by atoms with Crippen LogP contribution in [0.2, 0.25) is 0 Å². The second-order valence-corrected chi connectivity index (χ2v) is 7.90. The number of nitrogens with zero attached hydrogens (tertiary/aromatic N) is 3. The van der Waals surface area contributed by atoms with Gasteiger partial charge >= 0.3 is 0 Å². The molecule has 3 heterocycles. The number of hydrogen-bond acceptors (Lipinski definition) is 5. The monoisotopic (exact) mass is 409 g/mol. The Morgan fingerprint density at radius 1 is 1.30 bits per heavy atom. The molecule has 1 amide bonds. The van der Waals surface area contributed by atoms with Crippen molar-refractivity contribution in [3.8, 4) is 0 Å². The summed E-state index contributed by atoms with van der Waals surface area (Å²) in [4.78, 5) is 30.9. The van der Waals surface area contributed by atoms with Gasteiger partial charge in [-0.15, -0.1) is 0 Å². The smallest absolute Gasteiger partial charge is 0.267 e. The SMILES string of the molecule is COCCn1c(=N)c(C(=O)NC2CCCCC2)cc2c(=O)n3cccc(C)c3nc21. The fourth-order valence-electron chi connectivity index (χ4n) is 4.18. The molecule has 158 valence electrons. The van der Waals surface area contributed by atoms with Crippen molar-refractivity contribution in [1.82, 2.24) is 19.3 Å². The van der Waals surface area contributed by atoms with Crippen LogP contribution < -0.4 is 16.4 Å². The van der Waals surface area contributed by atoms with Crippen LogP contribution in [0.5, 0.6) is 0 Å². The Bertz CT molecular complexity index is 1220. The molecule has 1 aliphatic carbocycles. The lowest BCUT2D eigenvalue weighted by atomic mass is 9.95. The number of ether oxygens (including phenoxy) is 1. The van der Waals surface area contributed by atoms with Crippen molar-refractivity contribution in [2.45, 2.75) is 51.6 Å². The first-order valence-corrected chi connectivity index (χ1v) is 10.4. The van der Waals surface area contributed by atoms with E-state index in [0.29, 0.717) is 29.8 Å². The van der Waals surface area contributed by atoms with Gasteiger partial charge in [-0.3, -0.25) is 19.4 Å². The van der Waals surface area contributed by atoms with E-state index in [4.69, 9.17) is 10.1 Å². The highest BCUT2D eigenvalue weighted by Gasteiger charge is 2.21. The molecule has 30 heavy (non-hydrogen) atoms. The molecular formula is C22H27N5O3. The molecule has 0 aliphatic heterocycles. The molecule has 0 atom stereocenters. The van der Waals surface area contributed by atoms with Gasteiger partial charge in [0.2, 0.25) is 0 Å². The van der Waals surface area contributed by atoms with Crippen LogP contribution in [0.3, 0.4) is 0 Å². The van der Waals surface area contributed by atoms with E-state index in [-0.39, 0.29) is 28.6 Å². The Kier molecular flexibility index (Phi) is 5.67. The van der Waals surface area contributed by atoms with Crippen LogP contribution in [0.1, 0.15) is 48.0 Å². The molecule has 0 unspecified atom stereocenters. The number of aromatic nitrogens is 3. The summed E-state index contributed by atoms with van der Waals surface area (Å²) < 4.78 is 8.29. The van der Waals surface area contributed by atoms with Gasteiger partial charge in [0.05, 0.1) is 17.6 Å². The number of aryl methyl sites for hydroxylation is 1. The lowest BCUT2D eigenvalue weighted by Crippen LogP contribution is -2.40. The summed E-state index contributed by atoms with van der Waals surface area (Å²) in [6.07, 6.45) is 6.96. The first-order chi connectivity index (χ1) is 14.5. The van der Waals surface area contributed by atoms with Gasteiger partial charge in [0.25, 0.3) is 11.5 Å². The average Bonchev–Trinajstić information content (AvgIpc) is 2.74. The second-order valence-electron chi connectivity index (χ2n) is 7.90. The summed E-state index contributed by atoms with van der Waals surface area (Å²) in [5.41, 5.74) is 1.77. The lowest BCUT2D eigenvalue weighted by Gasteiger charge is -2.23. The van der Waals surface area contributed by atoms with E-state index in [1.165, 1.54) is 16.9 Å². The zero-order valence-electron chi connectivity index (χ0n) is 17.4. The highest BCUT2D eigenvalue weighted by molar-refractivity contribution is 5.97. The van der Waals surface area contributed by atoms with E-state index in [2.05, 4.69) is 10.3 Å². The van der Waals surface area contributed by atoms with Crippen molar-refractivity contribution in [2.75, 3.05) is 13.7 Å². The molecule has 0 radical (unpaired) electrons. The molecule has 3 aromatic rings. The summed E-state index contributed by atoms with van der Waals surface area (Å²) >= 11 is 0. The highest BCUT2D eigenvalue weighted by Crippen LogP contribution is 2.18. The fraction of sp³-hybridized carbons (Fsp3) is 0.455. The number of nitrogens with one attached hydrogen (secondary N) is 2. The molecule has 1 fully saturated rings. The number of fused-ring (bicyclic) bond motifs is 2. The van der Waals surface area contributed by atoms with E-state index in [9.17, 15) is 9.59 Å². The van der Waals surface area contributed by atoms with E-state index in [0.717, 1.165) is 31.2 Å². The third-order valence-corrected chi connectivity index (χ3v) is 5.84. The summed E-state index contributed by atoms with van der Waals surface area (Å²) in [7, 11) is 1.58. The summed E-state index contributed by atoms with van der Waals surface area (Å²) in [5, 5.41) is 12.1. The molecular weight excluding hydrogens is 382 g/mol. The molecule has 4 rings (SSSR count). The van der Waals surface area contributed by atoms with Crippen LogP contribution in [-0.2, 0) is 11.3 Å². The Morgan fingerprint density at radius 3 is 2.80 bits per heavy atom. The summed E-state index contributed by atoms with van der Waals surface area (Å²) in [6, 6.07) is 5.32. The standard InChI is InChI=1S/C22H27N5O3/c1-14-7-6-10-27-19(14)25-20-17(22(27)29)13-16(18(23)26(20)11-12-30-2)21(28)24-15-8-4-3-5-9-15/h6-7,10,13,15,23H,3-5,8-9,11-12H2,1-2H3,(H,24,28). The predicted octanol–water partition coefficient (Wildman–Crippen LogP) is 2.15. The van der Waals surface area contributed by atoms with Crippen LogP contribution in [0.15, 0.2) is 29.2 Å². The van der Waals surface area contributed by atoms with Crippen LogP contribution in [0, 0.1) is 12.3 Å². The largest absolute Gasteiger partial charge is 0.383 e. The quantitative estimate of drug-likeness (QED) is 0.631. The Labute approximate surface area is 174 Å². The maximum Gasteiger partial charge on any atom is 0.267 e. The lowest BCUT2D eigenvalue weighted by molar-refractivity contribution is 0.0925. The first-order valence-electron chi connectivity index (χ1n) is 10.4. The number of carbonyl (C=O) groups excluding carboxylic acids is 1. The van der Waals surface area contributed by atoms with Gasteiger partial charge < -0.3 is 14.6 Å². The van der Waals surface area contributed by atoms with Crippen molar-refractivity contribution in [3.63, 3.8) is 0 Å². The maximum absolute atomic E-state index is 13.2. The van der Waals surface area contributed by atoms with Crippen LogP contribution >= 0.6 is 0 Å². The predicted molar refractivity (Wildman–Crippen MR) is 114 cm³/mol. The number of carbonyl (C=O) groups is 1. The molecule has 3 aromatic heterocycles. The third-order valence-electron chi connectivity index (χ3n) is 5.84. The van der Waals surface area contributed by atoms with Gasteiger partial charge in [-0.2, -0.15) is 0 Å². The van der Waals surface area contributed by atoms with Crippen LogP contribution in [0.25, 0.3) is 16.7 Å². The maximum atomic E-state index is 13.2. The fourth-order valence-corrected chi connectivity index (χ4v) is 4.18. The van der Waals surface area contributed by atoms with Gasteiger partial charge in [0, 0.05) is 25.9 Å². The first kappa shape index (κ1) is 20.3. The average molecular weight is 409 g/mol.